The molecule has 1 aliphatic carbocycles. The first-order valence-electron chi connectivity index (χ1n) is 6.28. The van der Waals surface area contributed by atoms with Gasteiger partial charge in [-0.25, -0.2) is 0 Å². The van der Waals surface area contributed by atoms with Crippen molar-refractivity contribution in [2.24, 2.45) is 0 Å². The highest BCUT2D eigenvalue weighted by molar-refractivity contribution is 5.44. The number of hydrogen-bond acceptors (Lipinski definition) is 2. The molecule has 2 rings (SSSR count). The molecule has 2 N–H and O–H groups in total. The molecule has 2 nitrogen and oxygen atoms in total. The molecule has 88 valence electrons. The summed E-state index contributed by atoms with van der Waals surface area (Å²) < 4.78 is 0. The molecule has 1 aliphatic rings. The molecule has 2 heteroatoms. The molecule has 2 unspecified atom stereocenters. The molecular formula is C14H21NO. The Balaban J connectivity index is 2.20. The Labute approximate surface area is 97.7 Å². The van der Waals surface area contributed by atoms with E-state index in [-0.39, 0.29) is 0 Å². The highest BCUT2D eigenvalue weighted by atomic mass is 16.3. The maximum atomic E-state index is 9.94. The molecule has 16 heavy (non-hydrogen) atoms. The lowest BCUT2D eigenvalue weighted by molar-refractivity contribution is 0.385. The van der Waals surface area contributed by atoms with E-state index in [9.17, 15) is 5.11 Å². The zero-order chi connectivity index (χ0) is 11.5. The van der Waals surface area contributed by atoms with Gasteiger partial charge in [-0.15, -0.1) is 0 Å². The average Bonchev–Trinajstić information content (AvgIpc) is 2.28. The number of hydrogen-bond donors (Lipinski definition) is 2. The van der Waals surface area contributed by atoms with Gasteiger partial charge in [0.25, 0.3) is 0 Å². The summed E-state index contributed by atoms with van der Waals surface area (Å²) in [7, 11) is 0. The Kier molecular flexibility index (Phi) is 3.49. The van der Waals surface area contributed by atoms with Gasteiger partial charge >= 0.3 is 0 Å². The fourth-order valence-electron chi connectivity index (χ4n) is 2.71. The first-order valence-corrected chi connectivity index (χ1v) is 6.28. The topological polar surface area (TPSA) is 32.3 Å². The van der Waals surface area contributed by atoms with Crippen LogP contribution in [0.3, 0.4) is 0 Å². The summed E-state index contributed by atoms with van der Waals surface area (Å²) in [6, 6.07) is 6.40. The zero-order valence-corrected chi connectivity index (χ0v) is 10.2. The minimum Gasteiger partial charge on any atom is -0.508 e. The van der Waals surface area contributed by atoms with E-state index in [1.165, 1.54) is 12.0 Å². The second kappa shape index (κ2) is 4.88. The molecular weight excluding hydrogens is 198 g/mol. The molecule has 0 fully saturated rings. The van der Waals surface area contributed by atoms with Crippen LogP contribution in [0.2, 0.25) is 0 Å². The van der Waals surface area contributed by atoms with Gasteiger partial charge in [-0.1, -0.05) is 26.0 Å². The number of fused-ring (bicyclic) bond motifs is 1. The summed E-state index contributed by atoms with van der Waals surface area (Å²) in [5.74, 6) is 0.879. The fraction of sp³-hybridized carbons (Fsp3) is 0.571. The standard InChI is InChI=1S/C14H21NO/c1-3-9-15-12-8-7-11-5-4-6-13(16)14(11)10(12)2/h4-6,10,12,15-16H,3,7-9H2,1-2H3. The molecule has 0 aromatic heterocycles. The van der Waals surface area contributed by atoms with Crippen molar-refractivity contribution >= 4 is 0 Å². The monoisotopic (exact) mass is 219 g/mol. The number of aryl methyl sites for hydroxylation is 1. The fourth-order valence-corrected chi connectivity index (χ4v) is 2.71. The largest absolute Gasteiger partial charge is 0.508 e. The van der Waals surface area contributed by atoms with Crippen LogP contribution in [0.15, 0.2) is 18.2 Å². The second-order valence-electron chi connectivity index (χ2n) is 4.74. The van der Waals surface area contributed by atoms with Gasteiger partial charge in [0.15, 0.2) is 0 Å². The van der Waals surface area contributed by atoms with Crippen molar-refractivity contribution in [2.75, 3.05) is 6.54 Å². The smallest absolute Gasteiger partial charge is 0.119 e. The molecule has 0 radical (unpaired) electrons. The minimum absolute atomic E-state index is 0.413. The van der Waals surface area contributed by atoms with Crippen LogP contribution >= 0.6 is 0 Å². The summed E-state index contributed by atoms with van der Waals surface area (Å²) in [4.78, 5) is 0. The van der Waals surface area contributed by atoms with Crippen LogP contribution in [-0.2, 0) is 6.42 Å². The lowest BCUT2D eigenvalue weighted by Gasteiger charge is -2.32. The lowest BCUT2D eigenvalue weighted by atomic mass is 9.80. The van der Waals surface area contributed by atoms with Gasteiger partial charge in [0, 0.05) is 17.5 Å². The number of benzene rings is 1. The SMILES string of the molecule is CCCNC1CCc2cccc(O)c2C1C. The predicted octanol–water partition coefficient (Wildman–Crippen LogP) is 2.81. The molecule has 0 saturated heterocycles. The Morgan fingerprint density at radius 2 is 2.25 bits per heavy atom. The molecule has 0 spiro atoms. The van der Waals surface area contributed by atoms with Crippen LogP contribution in [0, 0.1) is 0 Å². The third kappa shape index (κ3) is 2.07. The Morgan fingerprint density at radius 1 is 1.44 bits per heavy atom. The van der Waals surface area contributed by atoms with Gasteiger partial charge in [-0.2, -0.15) is 0 Å². The van der Waals surface area contributed by atoms with Crippen LogP contribution in [0.5, 0.6) is 5.75 Å². The molecule has 0 aliphatic heterocycles. The van der Waals surface area contributed by atoms with Crippen LogP contribution in [0.4, 0.5) is 0 Å². The molecule has 0 amide bonds. The van der Waals surface area contributed by atoms with Crippen molar-refractivity contribution in [2.45, 2.75) is 45.1 Å². The summed E-state index contributed by atoms with van der Waals surface area (Å²) >= 11 is 0. The normalized spacial score (nSPS) is 24.1. The summed E-state index contributed by atoms with van der Waals surface area (Å²) in [6.07, 6.45) is 3.42. The van der Waals surface area contributed by atoms with Gasteiger partial charge in [0.1, 0.15) is 5.75 Å². The first-order chi connectivity index (χ1) is 7.74. The third-order valence-electron chi connectivity index (χ3n) is 3.61. The van der Waals surface area contributed by atoms with Gasteiger partial charge in [0.05, 0.1) is 0 Å². The highest BCUT2D eigenvalue weighted by Gasteiger charge is 2.27. The highest BCUT2D eigenvalue weighted by Crippen LogP contribution is 2.37. The van der Waals surface area contributed by atoms with Gasteiger partial charge < -0.3 is 10.4 Å². The van der Waals surface area contributed by atoms with E-state index in [0.29, 0.717) is 17.7 Å². The maximum absolute atomic E-state index is 9.94. The molecule has 0 saturated carbocycles. The molecule has 0 bridgehead atoms. The number of nitrogens with one attached hydrogen (secondary N) is 1. The van der Waals surface area contributed by atoms with Gasteiger partial charge in [-0.05, 0) is 37.4 Å². The summed E-state index contributed by atoms with van der Waals surface area (Å²) in [5.41, 5.74) is 2.48. The number of rotatable bonds is 3. The third-order valence-corrected chi connectivity index (χ3v) is 3.61. The van der Waals surface area contributed by atoms with Crippen molar-refractivity contribution < 1.29 is 5.11 Å². The molecule has 0 heterocycles. The minimum atomic E-state index is 0.413. The average molecular weight is 219 g/mol. The van der Waals surface area contributed by atoms with Crippen LogP contribution in [0.25, 0.3) is 0 Å². The summed E-state index contributed by atoms with van der Waals surface area (Å²) in [5, 5.41) is 13.5. The van der Waals surface area contributed by atoms with Gasteiger partial charge in [-0.3, -0.25) is 0 Å². The van der Waals surface area contributed by atoms with Crippen LogP contribution in [0.1, 0.15) is 43.7 Å². The lowest BCUT2D eigenvalue weighted by Crippen LogP contribution is -2.37. The van der Waals surface area contributed by atoms with Crippen molar-refractivity contribution in [1.82, 2.24) is 5.32 Å². The van der Waals surface area contributed by atoms with Crippen molar-refractivity contribution in [3.05, 3.63) is 29.3 Å². The maximum Gasteiger partial charge on any atom is 0.119 e. The molecule has 1 aromatic carbocycles. The Hall–Kier alpha value is -1.02. The van der Waals surface area contributed by atoms with E-state index in [1.54, 1.807) is 6.07 Å². The first kappa shape index (κ1) is 11.5. The van der Waals surface area contributed by atoms with Gasteiger partial charge in [0.2, 0.25) is 0 Å². The van der Waals surface area contributed by atoms with Crippen LogP contribution in [-0.4, -0.2) is 17.7 Å². The van der Waals surface area contributed by atoms with E-state index < -0.39 is 0 Å². The number of phenolic OH excluding ortho intramolecular Hbond substituents is 1. The second-order valence-corrected chi connectivity index (χ2v) is 4.74. The van der Waals surface area contributed by atoms with E-state index in [4.69, 9.17) is 0 Å². The quantitative estimate of drug-likeness (QED) is 0.819. The summed E-state index contributed by atoms with van der Waals surface area (Å²) in [6.45, 7) is 5.47. The predicted molar refractivity (Wildman–Crippen MR) is 66.9 cm³/mol. The van der Waals surface area contributed by atoms with Crippen molar-refractivity contribution in [1.29, 1.82) is 0 Å². The van der Waals surface area contributed by atoms with E-state index in [1.807, 2.05) is 6.07 Å². The van der Waals surface area contributed by atoms with E-state index in [0.717, 1.165) is 24.9 Å². The van der Waals surface area contributed by atoms with E-state index in [2.05, 4.69) is 25.2 Å². The van der Waals surface area contributed by atoms with E-state index >= 15 is 0 Å². The molecule has 1 aromatic rings. The van der Waals surface area contributed by atoms with Crippen molar-refractivity contribution in [3.63, 3.8) is 0 Å². The zero-order valence-electron chi connectivity index (χ0n) is 10.2. The number of aromatic hydroxyl groups is 1. The Bertz CT molecular complexity index is 362. The van der Waals surface area contributed by atoms with Crippen LogP contribution < -0.4 is 5.32 Å². The molecule has 2 atom stereocenters. The van der Waals surface area contributed by atoms with Crippen molar-refractivity contribution in [3.8, 4) is 5.75 Å². The Morgan fingerprint density at radius 3 is 3.00 bits per heavy atom. The number of phenols is 1.